The molecule has 1 aromatic heterocycles. The molecule has 1 N–H and O–H groups in total. The van der Waals surface area contributed by atoms with Crippen LogP contribution in [-0.4, -0.2) is 27.6 Å². The lowest BCUT2D eigenvalue weighted by Gasteiger charge is -2.02. The van der Waals surface area contributed by atoms with E-state index in [1.807, 2.05) is 6.92 Å². The summed E-state index contributed by atoms with van der Waals surface area (Å²) in [5.74, 6) is 0.522. The van der Waals surface area contributed by atoms with Crippen molar-refractivity contribution in [2.24, 2.45) is 0 Å². The van der Waals surface area contributed by atoms with E-state index in [0.29, 0.717) is 17.7 Å². The SMILES string of the molecule is CCOc1ccc(-c2nnc(NC(=O)/C=C/c3ccc([N+](=O)[O-])cc3)o2)cc1. The van der Waals surface area contributed by atoms with Crippen LogP contribution >= 0.6 is 0 Å². The van der Waals surface area contributed by atoms with Crippen LogP contribution in [0.15, 0.2) is 59.0 Å². The van der Waals surface area contributed by atoms with Gasteiger partial charge in [0.15, 0.2) is 0 Å². The van der Waals surface area contributed by atoms with Crippen LogP contribution in [0.4, 0.5) is 11.7 Å². The first kappa shape index (κ1) is 18.8. The monoisotopic (exact) mass is 380 g/mol. The molecule has 28 heavy (non-hydrogen) atoms. The van der Waals surface area contributed by atoms with E-state index in [9.17, 15) is 14.9 Å². The Morgan fingerprint density at radius 2 is 1.89 bits per heavy atom. The van der Waals surface area contributed by atoms with Crippen molar-refractivity contribution in [3.05, 3.63) is 70.3 Å². The molecule has 3 rings (SSSR count). The topological polar surface area (TPSA) is 120 Å². The molecule has 0 spiro atoms. The van der Waals surface area contributed by atoms with E-state index < -0.39 is 10.8 Å². The number of nitro groups is 1. The van der Waals surface area contributed by atoms with Gasteiger partial charge in [-0.15, -0.1) is 5.10 Å². The number of aromatic nitrogens is 2. The molecular formula is C19H16N4O5. The summed E-state index contributed by atoms with van der Waals surface area (Å²) in [6.45, 7) is 2.47. The number of hydrogen-bond acceptors (Lipinski definition) is 7. The number of carbonyl (C=O) groups is 1. The van der Waals surface area contributed by atoms with Gasteiger partial charge in [0.05, 0.1) is 11.5 Å². The third-order valence-electron chi connectivity index (χ3n) is 3.60. The Morgan fingerprint density at radius 3 is 2.54 bits per heavy atom. The van der Waals surface area contributed by atoms with Gasteiger partial charge in [0.1, 0.15) is 5.75 Å². The van der Waals surface area contributed by atoms with Gasteiger partial charge in [-0.2, -0.15) is 0 Å². The average Bonchev–Trinajstić information content (AvgIpc) is 3.16. The summed E-state index contributed by atoms with van der Waals surface area (Å²) in [7, 11) is 0. The van der Waals surface area contributed by atoms with E-state index >= 15 is 0 Å². The minimum absolute atomic E-state index is 0.0192. The van der Waals surface area contributed by atoms with Crippen molar-refractivity contribution < 1.29 is 18.9 Å². The molecule has 1 heterocycles. The van der Waals surface area contributed by atoms with Crippen molar-refractivity contribution in [1.82, 2.24) is 10.2 Å². The molecule has 0 saturated heterocycles. The standard InChI is InChI=1S/C19H16N4O5/c1-2-27-16-10-6-14(7-11-16)18-21-22-19(28-18)20-17(24)12-5-13-3-8-15(9-4-13)23(25)26/h3-12H,2H2,1H3,(H,20,22,24)/b12-5+. The van der Waals surface area contributed by atoms with Crippen LogP contribution < -0.4 is 10.1 Å². The second-order valence-electron chi connectivity index (χ2n) is 5.54. The highest BCUT2D eigenvalue weighted by atomic mass is 16.6. The van der Waals surface area contributed by atoms with Crippen molar-refractivity contribution in [2.75, 3.05) is 11.9 Å². The summed E-state index contributed by atoms with van der Waals surface area (Å²) in [5.41, 5.74) is 1.31. The molecule has 0 aliphatic carbocycles. The Kier molecular flexibility index (Phi) is 5.75. The van der Waals surface area contributed by atoms with E-state index in [2.05, 4.69) is 15.5 Å². The molecule has 0 fully saturated rings. The lowest BCUT2D eigenvalue weighted by Crippen LogP contribution is -2.07. The van der Waals surface area contributed by atoms with Crippen LogP contribution in [0.2, 0.25) is 0 Å². The first-order valence-electron chi connectivity index (χ1n) is 8.35. The molecule has 3 aromatic rings. The molecular weight excluding hydrogens is 364 g/mol. The number of nitrogens with one attached hydrogen (secondary N) is 1. The van der Waals surface area contributed by atoms with Crippen LogP contribution in [0.1, 0.15) is 12.5 Å². The fourth-order valence-corrected chi connectivity index (χ4v) is 2.28. The largest absolute Gasteiger partial charge is 0.494 e. The fraction of sp³-hybridized carbons (Fsp3) is 0.105. The maximum Gasteiger partial charge on any atom is 0.322 e. The van der Waals surface area contributed by atoms with Crippen molar-refractivity contribution in [2.45, 2.75) is 6.92 Å². The zero-order chi connectivity index (χ0) is 19.9. The van der Waals surface area contributed by atoms with Gasteiger partial charge < -0.3 is 9.15 Å². The second-order valence-corrected chi connectivity index (χ2v) is 5.54. The Bertz CT molecular complexity index is 994. The lowest BCUT2D eigenvalue weighted by atomic mass is 10.2. The highest BCUT2D eigenvalue weighted by Gasteiger charge is 2.10. The molecule has 142 valence electrons. The van der Waals surface area contributed by atoms with Crippen molar-refractivity contribution in [3.63, 3.8) is 0 Å². The number of carbonyl (C=O) groups excluding carboxylic acids is 1. The molecule has 0 bridgehead atoms. The summed E-state index contributed by atoms with van der Waals surface area (Å²) in [6.07, 6.45) is 2.78. The Hall–Kier alpha value is -4.01. The third kappa shape index (κ3) is 4.79. The first-order valence-corrected chi connectivity index (χ1v) is 8.35. The minimum Gasteiger partial charge on any atom is -0.494 e. The number of amides is 1. The molecule has 0 saturated carbocycles. The van der Waals surface area contributed by atoms with Gasteiger partial charge in [0.2, 0.25) is 5.89 Å². The zero-order valence-electron chi connectivity index (χ0n) is 14.9. The average molecular weight is 380 g/mol. The van der Waals surface area contributed by atoms with Crippen LogP contribution in [-0.2, 0) is 4.79 Å². The Morgan fingerprint density at radius 1 is 1.18 bits per heavy atom. The summed E-state index contributed by atoms with van der Waals surface area (Å²) in [4.78, 5) is 22.1. The van der Waals surface area contributed by atoms with Crippen molar-refractivity contribution in [1.29, 1.82) is 0 Å². The van der Waals surface area contributed by atoms with Gasteiger partial charge in [-0.05, 0) is 55.0 Å². The van der Waals surface area contributed by atoms with Gasteiger partial charge in [-0.1, -0.05) is 5.10 Å². The molecule has 9 heteroatoms. The molecule has 1 amide bonds. The van der Waals surface area contributed by atoms with Gasteiger partial charge in [-0.3, -0.25) is 20.2 Å². The number of nitro benzene ring substituents is 1. The fourth-order valence-electron chi connectivity index (χ4n) is 2.28. The van der Waals surface area contributed by atoms with Crippen LogP contribution in [0.3, 0.4) is 0 Å². The van der Waals surface area contributed by atoms with E-state index in [1.165, 1.54) is 24.3 Å². The molecule has 0 atom stereocenters. The van der Waals surface area contributed by atoms with E-state index in [4.69, 9.17) is 9.15 Å². The highest BCUT2D eigenvalue weighted by molar-refractivity contribution is 6.00. The molecule has 9 nitrogen and oxygen atoms in total. The van der Waals surface area contributed by atoms with Gasteiger partial charge in [-0.25, -0.2) is 0 Å². The number of hydrogen-bond donors (Lipinski definition) is 1. The molecule has 2 aromatic carbocycles. The van der Waals surface area contributed by atoms with E-state index in [-0.39, 0.29) is 17.6 Å². The first-order chi connectivity index (χ1) is 13.5. The van der Waals surface area contributed by atoms with E-state index in [0.717, 1.165) is 5.75 Å². The van der Waals surface area contributed by atoms with Gasteiger partial charge >= 0.3 is 6.01 Å². The number of ether oxygens (including phenoxy) is 1. The summed E-state index contributed by atoms with van der Waals surface area (Å²) < 4.78 is 10.8. The zero-order valence-corrected chi connectivity index (χ0v) is 14.9. The van der Waals surface area contributed by atoms with E-state index in [1.54, 1.807) is 36.4 Å². The van der Waals surface area contributed by atoms with Crippen molar-refractivity contribution in [3.8, 4) is 17.2 Å². The number of benzene rings is 2. The van der Waals surface area contributed by atoms with Crippen LogP contribution in [0.5, 0.6) is 5.75 Å². The molecule has 0 aliphatic heterocycles. The van der Waals surface area contributed by atoms with Crippen molar-refractivity contribution >= 4 is 23.7 Å². The second kappa shape index (κ2) is 8.58. The maximum atomic E-state index is 12.0. The predicted octanol–water partition coefficient (Wildman–Crippen LogP) is 3.70. The lowest BCUT2D eigenvalue weighted by molar-refractivity contribution is -0.384. The Labute approximate surface area is 159 Å². The minimum atomic E-state index is -0.488. The summed E-state index contributed by atoms with van der Waals surface area (Å²) in [5, 5.41) is 20.8. The molecule has 0 unspecified atom stereocenters. The molecule has 0 aliphatic rings. The number of anilines is 1. The van der Waals surface area contributed by atoms with Gasteiger partial charge in [0.25, 0.3) is 11.6 Å². The number of nitrogens with zero attached hydrogens (tertiary/aromatic N) is 3. The molecule has 0 radical (unpaired) electrons. The summed E-state index contributed by atoms with van der Waals surface area (Å²) in [6, 6.07) is 12.9. The van der Waals surface area contributed by atoms with Gasteiger partial charge in [0, 0.05) is 23.8 Å². The van der Waals surface area contributed by atoms with Crippen LogP contribution in [0, 0.1) is 10.1 Å². The normalized spacial score (nSPS) is 10.8. The Balaban J connectivity index is 1.61. The smallest absolute Gasteiger partial charge is 0.322 e. The number of non-ortho nitro benzene ring substituents is 1. The predicted molar refractivity (Wildman–Crippen MR) is 102 cm³/mol. The maximum absolute atomic E-state index is 12.0. The van der Waals surface area contributed by atoms with Crippen LogP contribution in [0.25, 0.3) is 17.5 Å². The number of rotatable bonds is 7. The quantitative estimate of drug-likeness (QED) is 0.377. The highest BCUT2D eigenvalue weighted by Crippen LogP contribution is 2.22. The third-order valence-corrected chi connectivity index (χ3v) is 3.60. The summed E-state index contributed by atoms with van der Waals surface area (Å²) >= 11 is 0.